The first-order valence-corrected chi connectivity index (χ1v) is 5.77. The highest BCUT2D eigenvalue weighted by atomic mass is 16.5. The first kappa shape index (κ1) is 13.4. The van der Waals surface area contributed by atoms with Crippen LogP contribution in [0, 0.1) is 0 Å². The molecule has 5 nitrogen and oxygen atoms in total. The van der Waals surface area contributed by atoms with Gasteiger partial charge in [0.05, 0.1) is 11.6 Å². The largest absolute Gasteiger partial charge is 0.388 e. The smallest absolute Gasteiger partial charge is 0.237 e. The number of aliphatic hydroxyl groups is 1. The van der Waals surface area contributed by atoms with Crippen molar-refractivity contribution >= 4 is 5.91 Å². The van der Waals surface area contributed by atoms with E-state index in [1.807, 2.05) is 0 Å². The Kier molecular flexibility index (Phi) is 5.18. The maximum Gasteiger partial charge on any atom is 0.237 e. The Morgan fingerprint density at radius 3 is 3.00 bits per heavy atom. The van der Waals surface area contributed by atoms with E-state index in [1.54, 1.807) is 14.0 Å². The molecule has 1 amide bonds. The van der Waals surface area contributed by atoms with E-state index in [1.165, 1.54) is 0 Å². The summed E-state index contributed by atoms with van der Waals surface area (Å²) in [4.78, 5) is 11.6. The Labute approximate surface area is 96.6 Å². The minimum absolute atomic E-state index is 0.0183. The second-order valence-corrected chi connectivity index (χ2v) is 4.61. The van der Waals surface area contributed by atoms with Crippen LogP contribution in [-0.2, 0) is 9.53 Å². The minimum Gasteiger partial charge on any atom is -0.388 e. The number of nitrogens with one attached hydrogen (secondary N) is 2. The second-order valence-electron chi connectivity index (χ2n) is 4.61. The molecule has 2 atom stereocenters. The summed E-state index contributed by atoms with van der Waals surface area (Å²) in [6.07, 6.45) is 2.44. The zero-order chi connectivity index (χ0) is 12.0. The SMILES string of the molecule is COCCC(C)(O)CNC(=O)[C@@H]1CCCN1. The molecule has 1 fully saturated rings. The standard InChI is InChI=1S/C11H22N2O3/c1-11(15,5-7-16-2)8-13-10(14)9-4-3-6-12-9/h9,12,15H,3-8H2,1-2H3,(H,13,14)/t9-,11?/m0/s1. The van der Waals surface area contributed by atoms with E-state index < -0.39 is 5.60 Å². The number of hydrogen-bond acceptors (Lipinski definition) is 4. The molecule has 1 heterocycles. The molecule has 0 aliphatic carbocycles. The fraction of sp³-hybridized carbons (Fsp3) is 0.909. The quantitative estimate of drug-likeness (QED) is 0.583. The zero-order valence-corrected chi connectivity index (χ0v) is 10.1. The Morgan fingerprint density at radius 2 is 2.44 bits per heavy atom. The highest BCUT2D eigenvalue weighted by molar-refractivity contribution is 5.82. The van der Waals surface area contributed by atoms with Gasteiger partial charge in [-0.25, -0.2) is 0 Å². The van der Waals surface area contributed by atoms with Crippen LogP contribution in [0.25, 0.3) is 0 Å². The lowest BCUT2D eigenvalue weighted by Gasteiger charge is -2.24. The van der Waals surface area contributed by atoms with Gasteiger partial charge in [-0.05, 0) is 26.3 Å². The van der Waals surface area contributed by atoms with Crippen molar-refractivity contribution in [1.82, 2.24) is 10.6 Å². The third-order valence-electron chi connectivity index (χ3n) is 2.87. The molecule has 94 valence electrons. The average Bonchev–Trinajstić information content (AvgIpc) is 2.77. The molecule has 1 saturated heterocycles. The van der Waals surface area contributed by atoms with Gasteiger partial charge in [-0.15, -0.1) is 0 Å². The van der Waals surface area contributed by atoms with Crippen molar-refractivity contribution in [2.45, 2.75) is 37.8 Å². The first-order chi connectivity index (χ1) is 7.55. The molecule has 0 aromatic heterocycles. The maximum absolute atomic E-state index is 11.6. The second kappa shape index (κ2) is 6.18. The summed E-state index contributed by atoms with van der Waals surface area (Å²) in [6, 6.07) is -0.0850. The van der Waals surface area contributed by atoms with E-state index in [2.05, 4.69) is 10.6 Å². The summed E-state index contributed by atoms with van der Waals surface area (Å²) in [6.45, 7) is 3.37. The Balaban J connectivity index is 2.24. The van der Waals surface area contributed by atoms with E-state index in [4.69, 9.17) is 4.74 Å². The molecule has 3 N–H and O–H groups in total. The van der Waals surface area contributed by atoms with Crippen LogP contribution >= 0.6 is 0 Å². The number of amides is 1. The number of ether oxygens (including phenoxy) is 1. The maximum atomic E-state index is 11.6. The number of rotatable bonds is 6. The number of carbonyl (C=O) groups excluding carboxylic acids is 1. The molecule has 1 unspecified atom stereocenters. The summed E-state index contributed by atoms with van der Waals surface area (Å²) in [7, 11) is 1.59. The summed E-state index contributed by atoms with van der Waals surface area (Å²) in [5, 5.41) is 15.8. The first-order valence-electron chi connectivity index (χ1n) is 5.77. The summed E-state index contributed by atoms with van der Waals surface area (Å²) >= 11 is 0. The van der Waals surface area contributed by atoms with E-state index in [0.717, 1.165) is 19.4 Å². The predicted octanol–water partition coefficient (Wildman–Crippen LogP) is -0.358. The van der Waals surface area contributed by atoms with Crippen molar-refractivity contribution < 1.29 is 14.6 Å². The molecule has 1 rings (SSSR count). The van der Waals surface area contributed by atoms with Crippen LogP contribution in [0.5, 0.6) is 0 Å². The van der Waals surface area contributed by atoms with E-state index in [-0.39, 0.29) is 18.5 Å². The third kappa shape index (κ3) is 4.47. The zero-order valence-electron chi connectivity index (χ0n) is 10.1. The normalized spacial score (nSPS) is 24.1. The van der Waals surface area contributed by atoms with Gasteiger partial charge in [0.1, 0.15) is 0 Å². The molecule has 16 heavy (non-hydrogen) atoms. The fourth-order valence-electron chi connectivity index (χ4n) is 1.72. The summed E-state index contributed by atoms with van der Waals surface area (Å²) in [5.74, 6) is -0.0183. The van der Waals surface area contributed by atoms with Gasteiger partial charge >= 0.3 is 0 Å². The Morgan fingerprint density at radius 1 is 1.69 bits per heavy atom. The van der Waals surface area contributed by atoms with Crippen molar-refractivity contribution in [2.75, 3.05) is 26.8 Å². The van der Waals surface area contributed by atoms with Gasteiger partial charge in [0.2, 0.25) is 5.91 Å². The molecule has 1 aliphatic rings. The van der Waals surface area contributed by atoms with Gasteiger partial charge in [-0.2, -0.15) is 0 Å². The van der Waals surface area contributed by atoms with E-state index in [9.17, 15) is 9.90 Å². The molecule has 1 aliphatic heterocycles. The average molecular weight is 230 g/mol. The van der Waals surface area contributed by atoms with Crippen LogP contribution in [0.1, 0.15) is 26.2 Å². The van der Waals surface area contributed by atoms with Crippen molar-refractivity contribution in [2.24, 2.45) is 0 Å². The Hall–Kier alpha value is -0.650. The van der Waals surface area contributed by atoms with Gasteiger partial charge in [0, 0.05) is 26.7 Å². The van der Waals surface area contributed by atoms with Crippen molar-refractivity contribution in [3.05, 3.63) is 0 Å². The van der Waals surface area contributed by atoms with Crippen molar-refractivity contribution in [3.8, 4) is 0 Å². The molecule has 0 aromatic rings. The monoisotopic (exact) mass is 230 g/mol. The lowest BCUT2D eigenvalue weighted by Crippen LogP contribution is -2.47. The molecule has 0 bridgehead atoms. The molecule has 0 spiro atoms. The van der Waals surface area contributed by atoms with Crippen LogP contribution in [0.3, 0.4) is 0 Å². The van der Waals surface area contributed by atoms with E-state index in [0.29, 0.717) is 13.0 Å². The molecular weight excluding hydrogens is 208 g/mol. The lowest BCUT2D eigenvalue weighted by molar-refractivity contribution is -0.124. The number of carbonyl (C=O) groups is 1. The number of methoxy groups -OCH3 is 1. The molecule has 0 aromatic carbocycles. The van der Waals surface area contributed by atoms with Crippen LogP contribution < -0.4 is 10.6 Å². The molecule has 5 heteroatoms. The van der Waals surface area contributed by atoms with Crippen LogP contribution in [0.2, 0.25) is 0 Å². The summed E-state index contributed by atoms with van der Waals surface area (Å²) in [5.41, 5.74) is -0.899. The summed E-state index contributed by atoms with van der Waals surface area (Å²) < 4.78 is 4.90. The van der Waals surface area contributed by atoms with Crippen molar-refractivity contribution in [1.29, 1.82) is 0 Å². The topological polar surface area (TPSA) is 70.6 Å². The highest BCUT2D eigenvalue weighted by Crippen LogP contribution is 2.09. The van der Waals surface area contributed by atoms with Crippen LogP contribution in [0.4, 0.5) is 0 Å². The van der Waals surface area contributed by atoms with Gasteiger partial charge in [0.15, 0.2) is 0 Å². The van der Waals surface area contributed by atoms with Gasteiger partial charge in [-0.3, -0.25) is 4.79 Å². The Bertz CT molecular complexity index is 225. The minimum atomic E-state index is -0.899. The molecule has 0 radical (unpaired) electrons. The van der Waals surface area contributed by atoms with E-state index >= 15 is 0 Å². The van der Waals surface area contributed by atoms with Gasteiger partial charge in [0.25, 0.3) is 0 Å². The lowest BCUT2D eigenvalue weighted by atomic mass is 10.0. The van der Waals surface area contributed by atoms with Crippen LogP contribution in [0.15, 0.2) is 0 Å². The number of hydrogen-bond donors (Lipinski definition) is 3. The molecule has 0 saturated carbocycles. The van der Waals surface area contributed by atoms with Crippen LogP contribution in [-0.4, -0.2) is 49.5 Å². The highest BCUT2D eigenvalue weighted by Gasteiger charge is 2.25. The molecular formula is C11H22N2O3. The fourth-order valence-corrected chi connectivity index (χ4v) is 1.72. The predicted molar refractivity (Wildman–Crippen MR) is 61.2 cm³/mol. The third-order valence-corrected chi connectivity index (χ3v) is 2.87. The van der Waals surface area contributed by atoms with Gasteiger partial charge < -0.3 is 20.5 Å². The van der Waals surface area contributed by atoms with Crippen molar-refractivity contribution in [3.63, 3.8) is 0 Å². The van der Waals surface area contributed by atoms with Gasteiger partial charge in [-0.1, -0.05) is 0 Å².